The average molecular weight is 444 g/mol. The van der Waals surface area contributed by atoms with Crippen molar-refractivity contribution in [1.29, 1.82) is 0 Å². The van der Waals surface area contributed by atoms with Crippen LogP contribution in [0.4, 0.5) is 5.69 Å². The summed E-state index contributed by atoms with van der Waals surface area (Å²) in [4.78, 5) is 17.1. The number of carbonyl (C=O) groups is 1. The quantitative estimate of drug-likeness (QED) is 0.405. The molecule has 1 unspecified atom stereocenters. The van der Waals surface area contributed by atoms with E-state index in [2.05, 4.69) is 39.6 Å². The third kappa shape index (κ3) is 4.73. The molecule has 0 fully saturated rings. The molecule has 32 heavy (non-hydrogen) atoms. The number of aryl methyl sites for hydroxylation is 3. The third-order valence-corrected chi connectivity index (χ3v) is 6.21. The van der Waals surface area contributed by atoms with Crippen molar-refractivity contribution in [2.24, 2.45) is 0 Å². The minimum atomic E-state index is -0.367. The lowest BCUT2D eigenvalue weighted by molar-refractivity contribution is -0.115. The molecule has 2 aromatic carbocycles. The number of anilines is 1. The fraction of sp³-hybridized carbons (Fsp3) is 0.200. The maximum Gasteiger partial charge on any atom is 0.237 e. The lowest BCUT2D eigenvalue weighted by Crippen LogP contribution is -2.23. The van der Waals surface area contributed by atoms with E-state index in [1.54, 1.807) is 12.4 Å². The zero-order valence-corrected chi connectivity index (χ0v) is 19.4. The molecule has 0 aliphatic rings. The van der Waals surface area contributed by atoms with Crippen LogP contribution in [-0.4, -0.2) is 30.9 Å². The van der Waals surface area contributed by atoms with Crippen molar-refractivity contribution >= 4 is 23.4 Å². The fourth-order valence-corrected chi connectivity index (χ4v) is 4.14. The van der Waals surface area contributed by atoms with Crippen LogP contribution < -0.4 is 5.32 Å². The number of hydrogen-bond acceptors (Lipinski definition) is 5. The first-order valence-electron chi connectivity index (χ1n) is 10.4. The predicted molar refractivity (Wildman–Crippen MR) is 129 cm³/mol. The SMILES string of the molecule is Cc1ccc(-n2c(SC(C)C(=O)Nc3cc(C)ccc3C)nnc2-c2ccncc2)cc1. The van der Waals surface area contributed by atoms with Crippen molar-refractivity contribution in [2.45, 2.75) is 38.1 Å². The molecule has 0 aliphatic carbocycles. The highest BCUT2D eigenvalue weighted by Gasteiger charge is 2.22. The number of rotatable bonds is 6. The fourth-order valence-electron chi connectivity index (χ4n) is 3.28. The second-order valence-corrected chi connectivity index (χ2v) is 9.09. The lowest BCUT2D eigenvalue weighted by atomic mass is 10.1. The number of hydrogen-bond donors (Lipinski definition) is 1. The molecule has 2 heterocycles. The number of amides is 1. The van der Waals surface area contributed by atoms with Gasteiger partial charge in [-0.2, -0.15) is 0 Å². The predicted octanol–water partition coefficient (Wildman–Crippen LogP) is 5.37. The minimum Gasteiger partial charge on any atom is -0.325 e. The summed E-state index contributed by atoms with van der Waals surface area (Å²) in [5.41, 5.74) is 5.99. The van der Waals surface area contributed by atoms with Crippen LogP contribution in [0, 0.1) is 20.8 Å². The minimum absolute atomic E-state index is 0.0763. The van der Waals surface area contributed by atoms with Crippen LogP contribution in [0.25, 0.3) is 17.1 Å². The number of aromatic nitrogens is 4. The van der Waals surface area contributed by atoms with E-state index in [0.717, 1.165) is 28.1 Å². The van der Waals surface area contributed by atoms with E-state index in [1.807, 2.05) is 67.8 Å². The highest BCUT2D eigenvalue weighted by molar-refractivity contribution is 8.00. The molecule has 0 spiro atoms. The Hall–Kier alpha value is -3.45. The van der Waals surface area contributed by atoms with Gasteiger partial charge in [0.1, 0.15) is 0 Å². The number of pyridine rings is 1. The summed E-state index contributed by atoms with van der Waals surface area (Å²) in [7, 11) is 0. The summed E-state index contributed by atoms with van der Waals surface area (Å²) in [5.74, 6) is 0.633. The number of thioether (sulfide) groups is 1. The van der Waals surface area contributed by atoms with E-state index in [4.69, 9.17) is 0 Å². The van der Waals surface area contributed by atoms with E-state index in [9.17, 15) is 4.79 Å². The molecule has 4 aromatic rings. The van der Waals surface area contributed by atoms with Crippen LogP contribution >= 0.6 is 11.8 Å². The van der Waals surface area contributed by atoms with E-state index in [-0.39, 0.29) is 11.2 Å². The van der Waals surface area contributed by atoms with Crippen molar-refractivity contribution in [3.05, 3.63) is 83.7 Å². The Kier molecular flexibility index (Phi) is 6.37. The molecule has 0 radical (unpaired) electrons. The average Bonchev–Trinajstić information content (AvgIpc) is 3.20. The van der Waals surface area contributed by atoms with Crippen LogP contribution in [0.5, 0.6) is 0 Å². The molecule has 0 saturated heterocycles. The molecule has 1 N–H and O–H groups in total. The van der Waals surface area contributed by atoms with Gasteiger partial charge in [0.05, 0.1) is 5.25 Å². The topological polar surface area (TPSA) is 72.7 Å². The van der Waals surface area contributed by atoms with Crippen molar-refractivity contribution in [3.8, 4) is 17.1 Å². The van der Waals surface area contributed by atoms with E-state index >= 15 is 0 Å². The van der Waals surface area contributed by atoms with Gasteiger partial charge in [-0.1, -0.05) is 41.6 Å². The molecule has 7 heteroatoms. The largest absolute Gasteiger partial charge is 0.325 e. The molecule has 0 bridgehead atoms. The highest BCUT2D eigenvalue weighted by atomic mass is 32.2. The van der Waals surface area contributed by atoms with Gasteiger partial charge in [0.15, 0.2) is 11.0 Å². The van der Waals surface area contributed by atoms with Crippen LogP contribution in [-0.2, 0) is 4.79 Å². The molecule has 2 aromatic heterocycles. The number of carbonyl (C=O) groups excluding carboxylic acids is 1. The Morgan fingerprint density at radius 3 is 2.34 bits per heavy atom. The second kappa shape index (κ2) is 9.36. The van der Waals surface area contributed by atoms with Crippen LogP contribution in [0.15, 0.2) is 72.1 Å². The van der Waals surface area contributed by atoms with Gasteiger partial charge in [0.25, 0.3) is 0 Å². The van der Waals surface area contributed by atoms with Gasteiger partial charge in [0.2, 0.25) is 5.91 Å². The molecule has 1 atom stereocenters. The molecule has 1 amide bonds. The molecule has 6 nitrogen and oxygen atoms in total. The van der Waals surface area contributed by atoms with Gasteiger partial charge in [-0.25, -0.2) is 0 Å². The molecule has 0 saturated carbocycles. The summed E-state index contributed by atoms with van der Waals surface area (Å²) in [5, 5.41) is 12.2. The van der Waals surface area contributed by atoms with Crippen molar-refractivity contribution in [2.75, 3.05) is 5.32 Å². The summed E-state index contributed by atoms with van der Waals surface area (Å²) in [6.45, 7) is 7.93. The number of nitrogens with zero attached hydrogens (tertiary/aromatic N) is 4. The van der Waals surface area contributed by atoms with Gasteiger partial charge in [-0.15, -0.1) is 10.2 Å². The van der Waals surface area contributed by atoms with Gasteiger partial charge < -0.3 is 5.32 Å². The zero-order chi connectivity index (χ0) is 22.7. The first-order valence-corrected chi connectivity index (χ1v) is 11.3. The zero-order valence-electron chi connectivity index (χ0n) is 18.5. The molecule has 4 rings (SSSR count). The van der Waals surface area contributed by atoms with Crippen LogP contribution in [0.2, 0.25) is 0 Å². The normalized spacial score (nSPS) is 11.9. The van der Waals surface area contributed by atoms with Crippen molar-refractivity contribution < 1.29 is 4.79 Å². The maximum atomic E-state index is 13.0. The summed E-state index contributed by atoms with van der Waals surface area (Å²) >= 11 is 1.38. The summed E-state index contributed by atoms with van der Waals surface area (Å²) in [6.07, 6.45) is 3.47. The highest BCUT2D eigenvalue weighted by Crippen LogP contribution is 2.30. The van der Waals surface area contributed by atoms with Gasteiger partial charge in [0, 0.05) is 29.3 Å². The first-order chi connectivity index (χ1) is 15.4. The maximum absolute atomic E-state index is 13.0. The first kappa shape index (κ1) is 21.8. The smallest absolute Gasteiger partial charge is 0.237 e. The van der Waals surface area contributed by atoms with Crippen molar-refractivity contribution in [1.82, 2.24) is 19.7 Å². The van der Waals surface area contributed by atoms with E-state index in [0.29, 0.717) is 11.0 Å². The van der Waals surface area contributed by atoms with Crippen LogP contribution in [0.3, 0.4) is 0 Å². The Morgan fingerprint density at radius 2 is 1.62 bits per heavy atom. The Balaban J connectivity index is 1.64. The van der Waals surface area contributed by atoms with Gasteiger partial charge in [-0.3, -0.25) is 14.3 Å². The standard InChI is InChI=1S/C25H25N5OS/c1-16-6-9-21(10-7-16)30-23(20-11-13-26-14-12-20)28-29-25(30)32-19(4)24(31)27-22-15-17(2)5-8-18(22)3/h5-15,19H,1-4H3,(H,27,31). The Morgan fingerprint density at radius 1 is 0.938 bits per heavy atom. The summed E-state index contributed by atoms with van der Waals surface area (Å²) in [6, 6.07) is 18.0. The third-order valence-electron chi connectivity index (χ3n) is 5.17. The summed E-state index contributed by atoms with van der Waals surface area (Å²) < 4.78 is 1.99. The molecule has 162 valence electrons. The number of nitrogens with one attached hydrogen (secondary N) is 1. The second-order valence-electron chi connectivity index (χ2n) is 7.78. The Bertz CT molecular complexity index is 1240. The van der Waals surface area contributed by atoms with E-state index < -0.39 is 0 Å². The Labute approximate surface area is 192 Å². The molecular weight excluding hydrogens is 418 g/mol. The number of benzene rings is 2. The van der Waals surface area contributed by atoms with Gasteiger partial charge in [-0.05, 0) is 69.2 Å². The van der Waals surface area contributed by atoms with Crippen molar-refractivity contribution in [3.63, 3.8) is 0 Å². The monoisotopic (exact) mass is 443 g/mol. The van der Waals surface area contributed by atoms with Gasteiger partial charge >= 0.3 is 0 Å². The van der Waals surface area contributed by atoms with E-state index in [1.165, 1.54) is 17.3 Å². The molecule has 0 aliphatic heterocycles. The van der Waals surface area contributed by atoms with Crippen LogP contribution in [0.1, 0.15) is 23.6 Å². The lowest BCUT2D eigenvalue weighted by Gasteiger charge is -2.15. The molecular formula is C25H25N5OS.